The Balaban J connectivity index is 2.09. The van der Waals surface area contributed by atoms with E-state index in [1.54, 1.807) is 6.92 Å². The monoisotopic (exact) mass is 233 g/mol. The lowest BCUT2D eigenvalue weighted by Gasteiger charge is -2.37. The highest BCUT2D eigenvalue weighted by Crippen LogP contribution is 2.38. The van der Waals surface area contributed by atoms with Gasteiger partial charge in [0.1, 0.15) is 6.61 Å². The molecule has 0 bridgehead atoms. The van der Waals surface area contributed by atoms with Crippen LogP contribution in [0.15, 0.2) is 35.2 Å². The van der Waals surface area contributed by atoms with Gasteiger partial charge in [0.05, 0.1) is 0 Å². The molecule has 0 aromatic carbocycles. The summed E-state index contributed by atoms with van der Waals surface area (Å²) in [7, 11) is 0. The van der Waals surface area contributed by atoms with Crippen molar-refractivity contribution in [2.24, 2.45) is 0 Å². The maximum atomic E-state index is 11.7. The number of rotatable bonds is 1. The Morgan fingerprint density at radius 2 is 2.41 bits per heavy atom. The summed E-state index contributed by atoms with van der Waals surface area (Å²) in [6.45, 7) is 3.01. The average Bonchev–Trinajstić information content (AvgIpc) is 2.79. The number of carbonyl (C=O) groups excluding carboxylic acids is 1. The van der Waals surface area contributed by atoms with Crippen LogP contribution in [0.5, 0.6) is 0 Å². The molecule has 0 amide bonds. The van der Waals surface area contributed by atoms with E-state index < -0.39 is 11.6 Å². The molecule has 17 heavy (non-hydrogen) atoms. The summed E-state index contributed by atoms with van der Waals surface area (Å²) in [5, 5.41) is 10.4. The summed E-state index contributed by atoms with van der Waals surface area (Å²) >= 11 is 0. The molecule has 1 unspecified atom stereocenters. The van der Waals surface area contributed by atoms with Gasteiger partial charge in [-0.1, -0.05) is 13.0 Å². The summed E-state index contributed by atoms with van der Waals surface area (Å²) in [6, 6.07) is 0. The zero-order valence-electron chi connectivity index (χ0n) is 9.77. The van der Waals surface area contributed by atoms with E-state index >= 15 is 0 Å². The zero-order valence-corrected chi connectivity index (χ0v) is 9.77. The molecular weight excluding hydrogens is 218 g/mol. The van der Waals surface area contributed by atoms with E-state index in [1.165, 1.54) is 0 Å². The van der Waals surface area contributed by atoms with Crippen molar-refractivity contribution in [3.63, 3.8) is 0 Å². The number of fused-ring (bicyclic) bond motifs is 2. The van der Waals surface area contributed by atoms with Crippen LogP contribution in [0.4, 0.5) is 0 Å². The lowest BCUT2D eigenvalue weighted by atomic mass is 9.82. The summed E-state index contributed by atoms with van der Waals surface area (Å²) in [5.41, 5.74) is 1.22. The van der Waals surface area contributed by atoms with Gasteiger partial charge in [0.25, 0.3) is 0 Å². The second-order valence-electron chi connectivity index (χ2n) is 4.61. The summed E-state index contributed by atoms with van der Waals surface area (Å²) in [4.78, 5) is 13.9. The van der Waals surface area contributed by atoms with Gasteiger partial charge in [-0.05, 0) is 18.9 Å². The molecule has 1 saturated heterocycles. The quantitative estimate of drug-likeness (QED) is 0.689. The van der Waals surface area contributed by atoms with Gasteiger partial charge in [-0.15, -0.1) is 0 Å². The second-order valence-corrected chi connectivity index (χ2v) is 4.61. The van der Waals surface area contributed by atoms with E-state index in [2.05, 4.69) is 11.0 Å². The molecule has 1 atom stereocenters. The first-order chi connectivity index (χ1) is 8.15. The van der Waals surface area contributed by atoms with Gasteiger partial charge >= 0.3 is 5.97 Å². The Bertz CT molecular complexity index is 475. The molecule has 3 heterocycles. The van der Waals surface area contributed by atoms with Crippen LogP contribution >= 0.6 is 0 Å². The van der Waals surface area contributed by atoms with Gasteiger partial charge < -0.3 is 14.7 Å². The fraction of sp³-hybridized carbons (Fsp3) is 0.462. The second kappa shape index (κ2) is 3.47. The topological polar surface area (TPSA) is 49.8 Å². The molecule has 0 saturated carbocycles. The summed E-state index contributed by atoms with van der Waals surface area (Å²) in [6.07, 6.45) is 7.37. The van der Waals surface area contributed by atoms with E-state index in [-0.39, 0.29) is 6.61 Å². The largest absolute Gasteiger partial charge is 0.458 e. The molecule has 0 aromatic heterocycles. The molecule has 90 valence electrons. The van der Waals surface area contributed by atoms with Crippen LogP contribution in [0.25, 0.3) is 0 Å². The molecule has 3 rings (SSSR count). The predicted molar refractivity (Wildman–Crippen MR) is 61.8 cm³/mol. The van der Waals surface area contributed by atoms with Crippen LogP contribution in [0.3, 0.4) is 0 Å². The minimum atomic E-state index is -1.47. The number of ether oxygens (including phenoxy) is 1. The number of esters is 1. The molecular formula is C13H15NO3. The number of nitrogens with zero attached hydrogens (tertiary/aromatic N) is 1. The molecule has 0 aromatic rings. The average molecular weight is 233 g/mol. The van der Waals surface area contributed by atoms with Gasteiger partial charge in [0.15, 0.2) is 5.60 Å². The first-order valence-corrected chi connectivity index (χ1v) is 5.95. The van der Waals surface area contributed by atoms with E-state index in [1.807, 2.05) is 12.3 Å². The van der Waals surface area contributed by atoms with Crippen molar-refractivity contribution in [3.05, 3.63) is 35.2 Å². The third kappa shape index (κ3) is 1.37. The van der Waals surface area contributed by atoms with Crippen LogP contribution in [0.2, 0.25) is 0 Å². The lowest BCUT2D eigenvalue weighted by molar-refractivity contribution is -0.163. The van der Waals surface area contributed by atoms with Gasteiger partial charge in [0, 0.05) is 29.6 Å². The number of aliphatic hydroxyl groups is 1. The van der Waals surface area contributed by atoms with Crippen molar-refractivity contribution in [1.29, 1.82) is 0 Å². The third-order valence-corrected chi connectivity index (χ3v) is 3.66. The summed E-state index contributed by atoms with van der Waals surface area (Å²) < 4.78 is 5.06. The van der Waals surface area contributed by atoms with Crippen LogP contribution in [0.1, 0.15) is 19.8 Å². The molecule has 1 N–H and O–H groups in total. The smallest absolute Gasteiger partial charge is 0.343 e. The molecule has 1 fully saturated rings. The van der Waals surface area contributed by atoms with Gasteiger partial charge in [0.2, 0.25) is 0 Å². The number of hydrogen-bond acceptors (Lipinski definition) is 4. The Labute approximate surface area is 99.9 Å². The lowest BCUT2D eigenvalue weighted by Crippen LogP contribution is -2.47. The van der Waals surface area contributed by atoms with Crippen molar-refractivity contribution in [2.45, 2.75) is 25.4 Å². The van der Waals surface area contributed by atoms with Crippen molar-refractivity contribution in [3.8, 4) is 0 Å². The third-order valence-electron chi connectivity index (χ3n) is 3.66. The van der Waals surface area contributed by atoms with Crippen molar-refractivity contribution >= 4 is 5.97 Å². The number of cyclic esters (lactones) is 1. The Hall–Kier alpha value is -1.55. The molecule has 3 aliphatic heterocycles. The first-order valence-electron chi connectivity index (χ1n) is 5.95. The van der Waals surface area contributed by atoms with Crippen LogP contribution in [0, 0.1) is 0 Å². The molecule has 3 aliphatic rings. The minimum Gasteiger partial charge on any atom is -0.458 e. The fourth-order valence-corrected chi connectivity index (χ4v) is 2.58. The number of carbonyl (C=O) groups is 1. The van der Waals surface area contributed by atoms with E-state index in [9.17, 15) is 9.90 Å². The van der Waals surface area contributed by atoms with Crippen molar-refractivity contribution in [1.82, 2.24) is 4.90 Å². The highest BCUT2D eigenvalue weighted by atomic mass is 16.6. The standard InChI is InChI=1S/C13H15NO3/c1-2-13(16)11-6-10-4-3-5-14(10)7-9(11)8-17-12(13)15/h4,6-7,16H,2-3,5,8H2,1H3. The first kappa shape index (κ1) is 10.6. The van der Waals surface area contributed by atoms with Crippen molar-refractivity contribution in [2.75, 3.05) is 13.2 Å². The number of allylic oxidation sites excluding steroid dienone is 1. The Morgan fingerprint density at radius 1 is 1.59 bits per heavy atom. The normalized spacial score (nSPS) is 31.1. The highest BCUT2D eigenvalue weighted by molar-refractivity contribution is 5.87. The van der Waals surface area contributed by atoms with E-state index in [4.69, 9.17) is 4.74 Å². The van der Waals surface area contributed by atoms with Gasteiger partial charge in [-0.2, -0.15) is 0 Å². The Kier molecular flexibility index (Phi) is 2.16. The summed E-state index contributed by atoms with van der Waals surface area (Å²) in [5.74, 6) is -0.532. The predicted octanol–water partition coefficient (Wildman–Crippen LogP) is 1.10. The van der Waals surface area contributed by atoms with Crippen LogP contribution < -0.4 is 0 Å². The maximum Gasteiger partial charge on any atom is 0.343 e. The van der Waals surface area contributed by atoms with Crippen molar-refractivity contribution < 1.29 is 14.6 Å². The molecule has 0 spiro atoms. The maximum absolute atomic E-state index is 11.7. The van der Waals surface area contributed by atoms with Crippen LogP contribution in [-0.4, -0.2) is 34.7 Å². The number of hydrogen-bond donors (Lipinski definition) is 1. The van der Waals surface area contributed by atoms with Gasteiger partial charge in [-0.25, -0.2) is 4.79 Å². The molecule has 0 radical (unpaired) electrons. The highest BCUT2D eigenvalue weighted by Gasteiger charge is 2.46. The molecule has 4 nitrogen and oxygen atoms in total. The zero-order chi connectivity index (χ0) is 12.0. The molecule has 4 heteroatoms. The van der Waals surface area contributed by atoms with E-state index in [0.717, 1.165) is 24.2 Å². The fourth-order valence-electron chi connectivity index (χ4n) is 2.58. The Morgan fingerprint density at radius 3 is 3.18 bits per heavy atom. The minimum absolute atomic E-state index is 0.261. The SMILES string of the molecule is CCC1(O)C(=O)OCC2=CN3CCC=C3C=C21. The molecule has 0 aliphatic carbocycles. The van der Waals surface area contributed by atoms with E-state index in [0.29, 0.717) is 12.0 Å². The van der Waals surface area contributed by atoms with Gasteiger partial charge in [-0.3, -0.25) is 0 Å². The van der Waals surface area contributed by atoms with Crippen LogP contribution in [-0.2, 0) is 9.53 Å².